The van der Waals surface area contributed by atoms with Crippen LogP contribution in [-0.2, 0) is 0 Å². The van der Waals surface area contributed by atoms with Crippen LogP contribution < -0.4 is 0 Å². The van der Waals surface area contributed by atoms with E-state index in [2.05, 4.69) is 19.6 Å². The molecule has 152 valence electrons. The zero-order valence-corrected chi connectivity index (χ0v) is 17.2. The Kier molecular flexibility index (Phi) is 6.69. The van der Waals surface area contributed by atoms with Gasteiger partial charge in [-0.3, -0.25) is 0 Å². The number of hydrogen-bond acceptors (Lipinski definition) is 4. The summed E-state index contributed by atoms with van der Waals surface area (Å²) in [4.78, 5) is 12.0. The molecule has 0 amide bonds. The topological polar surface area (TPSA) is 77.8 Å². The first-order valence-electron chi connectivity index (χ1n) is 9.97. The van der Waals surface area contributed by atoms with E-state index in [1.807, 2.05) is 18.2 Å². The number of aliphatic hydroxyl groups is 2. The van der Waals surface area contributed by atoms with E-state index in [0.29, 0.717) is 12.8 Å². The largest absolute Gasteiger partial charge is 0.478 e. The number of aliphatic hydroxyl groups excluding tert-OH is 2. The highest BCUT2D eigenvalue weighted by Gasteiger charge is 2.39. The van der Waals surface area contributed by atoms with Crippen LogP contribution in [0.5, 0.6) is 0 Å². The second-order valence-corrected chi connectivity index (χ2v) is 9.53. The number of carboxylic acids is 1. The molecule has 2 aliphatic rings. The van der Waals surface area contributed by atoms with Crippen molar-refractivity contribution >= 4 is 17.7 Å². The fraction of sp³-hybridized carbons (Fsp3) is 0.522. The lowest BCUT2D eigenvalue weighted by molar-refractivity contribution is -0.0177. The summed E-state index contributed by atoms with van der Waals surface area (Å²) >= 11 is 1.66. The summed E-state index contributed by atoms with van der Waals surface area (Å²) in [7, 11) is 0. The van der Waals surface area contributed by atoms with Crippen molar-refractivity contribution in [2.24, 2.45) is 17.3 Å². The maximum absolute atomic E-state index is 11.0. The van der Waals surface area contributed by atoms with E-state index in [1.54, 1.807) is 23.9 Å². The van der Waals surface area contributed by atoms with Crippen molar-refractivity contribution in [2.75, 3.05) is 5.75 Å². The molecule has 3 rings (SSSR count). The number of aromatic carboxylic acids is 1. The normalized spacial score (nSPS) is 27.7. The lowest BCUT2D eigenvalue weighted by Gasteiger charge is -2.42. The summed E-state index contributed by atoms with van der Waals surface area (Å²) in [6.07, 6.45) is 7.95. The molecule has 4 nitrogen and oxygen atoms in total. The highest BCUT2D eigenvalue weighted by Crippen LogP contribution is 2.45. The van der Waals surface area contributed by atoms with Gasteiger partial charge in [-0.1, -0.05) is 37.6 Å². The highest BCUT2D eigenvalue weighted by molar-refractivity contribution is 7.99. The minimum Gasteiger partial charge on any atom is -0.478 e. The second-order valence-electron chi connectivity index (χ2n) is 8.44. The molecule has 2 fully saturated rings. The van der Waals surface area contributed by atoms with Crippen molar-refractivity contribution in [3.05, 3.63) is 54.1 Å². The van der Waals surface area contributed by atoms with Crippen molar-refractivity contribution < 1.29 is 20.1 Å². The van der Waals surface area contributed by atoms with Crippen molar-refractivity contribution in [1.29, 1.82) is 0 Å². The van der Waals surface area contributed by atoms with Gasteiger partial charge in [-0.15, -0.1) is 11.8 Å². The maximum atomic E-state index is 11.0. The van der Waals surface area contributed by atoms with Gasteiger partial charge in [0.15, 0.2) is 0 Å². The Morgan fingerprint density at radius 1 is 1.36 bits per heavy atom. The number of thioether (sulfide) groups is 1. The summed E-state index contributed by atoms with van der Waals surface area (Å²) < 4.78 is 0. The molecule has 0 radical (unpaired) electrons. The maximum Gasteiger partial charge on any atom is 0.335 e. The van der Waals surface area contributed by atoms with E-state index in [-0.39, 0.29) is 28.9 Å². The van der Waals surface area contributed by atoms with E-state index in [9.17, 15) is 15.0 Å². The predicted molar refractivity (Wildman–Crippen MR) is 113 cm³/mol. The average molecular weight is 403 g/mol. The zero-order valence-electron chi connectivity index (χ0n) is 16.4. The number of carbonyl (C=O) groups is 1. The van der Waals surface area contributed by atoms with Gasteiger partial charge >= 0.3 is 5.97 Å². The molecule has 3 N–H and O–H groups in total. The first kappa shape index (κ1) is 21.2. The third kappa shape index (κ3) is 4.70. The van der Waals surface area contributed by atoms with E-state index >= 15 is 0 Å². The smallest absolute Gasteiger partial charge is 0.335 e. The third-order valence-corrected chi connectivity index (χ3v) is 7.58. The molecule has 2 aliphatic carbocycles. The lowest BCUT2D eigenvalue weighted by Crippen LogP contribution is -2.38. The van der Waals surface area contributed by atoms with Gasteiger partial charge in [-0.05, 0) is 61.3 Å². The molecule has 2 unspecified atom stereocenters. The van der Waals surface area contributed by atoms with Crippen LogP contribution in [0.15, 0.2) is 53.5 Å². The number of carboxylic acid groups (broad SMARTS) is 1. The quantitative estimate of drug-likeness (QED) is 0.440. The first-order valence-corrected chi connectivity index (χ1v) is 11.0. The van der Waals surface area contributed by atoms with Crippen molar-refractivity contribution in [1.82, 2.24) is 0 Å². The van der Waals surface area contributed by atoms with Gasteiger partial charge in [0, 0.05) is 16.6 Å². The minimum atomic E-state index is -0.924. The van der Waals surface area contributed by atoms with Gasteiger partial charge in [0.1, 0.15) is 0 Å². The SMILES string of the molecule is C=C1CC(O)[C@H](/C=C/CC(O)C2(C)CCC2)[C@H]1CSc1ccc(C(=O)O)cc1. The number of rotatable bonds is 8. The molecule has 0 heterocycles. The summed E-state index contributed by atoms with van der Waals surface area (Å²) in [5.74, 6) is 0.0518. The molecule has 1 aromatic rings. The Morgan fingerprint density at radius 3 is 2.61 bits per heavy atom. The summed E-state index contributed by atoms with van der Waals surface area (Å²) in [6.45, 7) is 6.31. The van der Waals surface area contributed by atoms with Gasteiger partial charge in [-0.25, -0.2) is 4.79 Å². The van der Waals surface area contributed by atoms with Gasteiger partial charge in [0.05, 0.1) is 17.8 Å². The van der Waals surface area contributed by atoms with Crippen LogP contribution in [-0.4, -0.2) is 39.2 Å². The Hall–Kier alpha value is -1.56. The van der Waals surface area contributed by atoms with Gasteiger partial charge in [0.2, 0.25) is 0 Å². The summed E-state index contributed by atoms with van der Waals surface area (Å²) in [5, 5.41) is 29.9. The Balaban J connectivity index is 1.57. The van der Waals surface area contributed by atoms with E-state index < -0.39 is 12.1 Å². The number of hydrogen-bond donors (Lipinski definition) is 3. The molecule has 1 aromatic carbocycles. The van der Waals surface area contributed by atoms with Crippen molar-refractivity contribution in [3.8, 4) is 0 Å². The monoisotopic (exact) mass is 402 g/mol. The van der Waals surface area contributed by atoms with Crippen LogP contribution in [0.25, 0.3) is 0 Å². The minimum absolute atomic E-state index is 0.0136. The van der Waals surface area contributed by atoms with Crippen LogP contribution in [0.4, 0.5) is 0 Å². The standard InChI is InChI=1S/C23H30O4S/c1-15-13-20(24)18(5-3-6-21(25)23(2)11-4-12-23)19(15)14-28-17-9-7-16(8-10-17)22(26)27/h3,5,7-10,18-21,24-25H,1,4,6,11-14H2,2H3,(H,26,27)/b5-3+/t18-,19+,20?,21?/m1/s1. The van der Waals surface area contributed by atoms with Gasteiger partial charge in [0.25, 0.3) is 0 Å². The van der Waals surface area contributed by atoms with Gasteiger partial charge in [-0.2, -0.15) is 0 Å². The van der Waals surface area contributed by atoms with E-state index in [1.165, 1.54) is 6.42 Å². The summed E-state index contributed by atoms with van der Waals surface area (Å²) in [5.41, 5.74) is 1.40. The molecular formula is C23H30O4S. The molecule has 28 heavy (non-hydrogen) atoms. The lowest BCUT2D eigenvalue weighted by atomic mass is 9.66. The van der Waals surface area contributed by atoms with Gasteiger partial charge < -0.3 is 15.3 Å². The molecule has 0 aromatic heterocycles. The van der Waals surface area contributed by atoms with Crippen LogP contribution in [0.1, 0.15) is 49.4 Å². The van der Waals surface area contributed by atoms with Crippen LogP contribution >= 0.6 is 11.8 Å². The zero-order chi connectivity index (χ0) is 20.3. The summed E-state index contributed by atoms with van der Waals surface area (Å²) in [6, 6.07) is 6.87. The van der Waals surface area contributed by atoms with Crippen molar-refractivity contribution in [2.45, 2.75) is 56.1 Å². The Bertz CT molecular complexity index is 735. The predicted octanol–water partition coefficient (Wildman–Crippen LogP) is 4.53. The Morgan fingerprint density at radius 2 is 2.04 bits per heavy atom. The number of benzene rings is 1. The Labute approximate surface area is 171 Å². The highest BCUT2D eigenvalue weighted by atomic mass is 32.2. The fourth-order valence-electron chi connectivity index (χ4n) is 4.18. The fourth-order valence-corrected chi connectivity index (χ4v) is 5.34. The molecule has 5 heteroatoms. The molecule has 0 saturated heterocycles. The molecule has 0 spiro atoms. The first-order chi connectivity index (χ1) is 13.3. The average Bonchev–Trinajstić information content (AvgIpc) is 2.91. The third-order valence-electron chi connectivity index (χ3n) is 6.45. The van der Waals surface area contributed by atoms with E-state index in [4.69, 9.17) is 5.11 Å². The van der Waals surface area contributed by atoms with Crippen LogP contribution in [0, 0.1) is 17.3 Å². The van der Waals surface area contributed by atoms with Crippen LogP contribution in [0.2, 0.25) is 0 Å². The molecule has 2 saturated carbocycles. The van der Waals surface area contributed by atoms with Crippen molar-refractivity contribution in [3.63, 3.8) is 0 Å². The molecule has 4 atom stereocenters. The van der Waals surface area contributed by atoms with Crippen LogP contribution in [0.3, 0.4) is 0 Å². The molecule has 0 aliphatic heterocycles. The molecular weight excluding hydrogens is 372 g/mol. The van der Waals surface area contributed by atoms with E-state index in [0.717, 1.165) is 29.1 Å². The molecule has 0 bridgehead atoms. The second kappa shape index (κ2) is 8.85.